The first-order valence-corrected chi connectivity index (χ1v) is 7.50. The van der Waals surface area contributed by atoms with Gasteiger partial charge in [0.15, 0.2) is 11.6 Å². The molecular weight excluding hydrogens is 304 g/mol. The summed E-state index contributed by atoms with van der Waals surface area (Å²) < 4.78 is 0. The van der Waals surface area contributed by atoms with Gasteiger partial charge in [0.1, 0.15) is 0 Å². The van der Waals surface area contributed by atoms with Gasteiger partial charge < -0.3 is 0 Å². The molecule has 8 nitrogen and oxygen atoms in total. The van der Waals surface area contributed by atoms with E-state index in [4.69, 9.17) is 0 Å². The molecule has 2 aromatic carbocycles. The van der Waals surface area contributed by atoms with Crippen LogP contribution < -0.4 is 0 Å². The fourth-order valence-electron chi connectivity index (χ4n) is 2.41. The maximum absolute atomic E-state index is 4.33. The average molecular weight is 318 g/mol. The fourth-order valence-corrected chi connectivity index (χ4v) is 2.41. The van der Waals surface area contributed by atoms with Crippen molar-refractivity contribution in [2.45, 2.75) is 13.0 Å². The molecule has 8 heteroatoms. The van der Waals surface area contributed by atoms with Gasteiger partial charge in [-0.15, -0.1) is 20.4 Å². The molecule has 2 aromatic heterocycles. The maximum Gasteiger partial charge on any atom is 0.182 e. The van der Waals surface area contributed by atoms with E-state index >= 15 is 0 Å². The predicted molar refractivity (Wildman–Crippen MR) is 85.8 cm³/mol. The second-order valence-corrected chi connectivity index (χ2v) is 5.30. The number of hydrogen-bond donors (Lipinski definition) is 1. The van der Waals surface area contributed by atoms with Crippen molar-refractivity contribution in [3.8, 4) is 11.1 Å². The molecule has 0 saturated heterocycles. The molecule has 0 saturated carbocycles. The normalized spacial score (nSPS) is 10.8. The van der Waals surface area contributed by atoms with Gasteiger partial charge in [0.25, 0.3) is 0 Å². The molecule has 0 unspecified atom stereocenters. The molecule has 1 N–H and O–H groups in total. The highest BCUT2D eigenvalue weighted by Gasteiger charge is 2.08. The Morgan fingerprint density at radius 2 is 1.62 bits per heavy atom. The Morgan fingerprint density at radius 1 is 0.833 bits per heavy atom. The highest BCUT2D eigenvalue weighted by Crippen LogP contribution is 2.19. The first kappa shape index (κ1) is 14.2. The zero-order valence-electron chi connectivity index (χ0n) is 12.7. The van der Waals surface area contributed by atoms with Gasteiger partial charge in [0.2, 0.25) is 0 Å². The fraction of sp³-hybridized carbons (Fsp3) is 0.125. The van der Waals surface area contributed by atoms with Gasteiger partial charge in [-0.2, -0.15) is 10.0 Å². The topological polar surface area (TPSA) is 98.1 Å². The van der Waals surface area contributed by atoms with E-state index < -0.39 is 0 Å². The van der Waals surface area contributed by atoms with E-state index in [0.717, 1.165) is 5.56 Å². The van der Waals surface area contributed by atoms with Crippen LogP contribution >= 0.6 is 0 Å². The summed E-state index contributed by atoms with van der Waals surface area (Å²) in [6.45, 7) is 0.564. The number of benzene rings is 2. The van der Waals surface area contributed by atoms with Gasteiger partial charge >= 0.3 is 0 Å². The number of aromatic nitrogens is 8. The third-order valence-corrected chi connectivity index (χ3v) is 3.58. The third kappa shape index (κ3) is 3.17. The van der Waals surface area contributed by atoms with Crippen molar-refractivity contribution in [2.24, 2.45) is 0 Å². The molecule has 4 aromatic rings. The van der Waals surface area contributed by atoms with Crippen LogP contribution in [0.2, 0.25) is 0 Å². The molecule has 0 radical (unpaired) electrons. The lowest BCUT2D eigenvalue weighted by atomic mass is 10.0. The standard InChI is InChI=1S/C16H14N8/c1-2-4-13(5-3-1)14-8-6-12(7-9-14)11-24-20-16(19-23-24)10-15-17-21-22-18-15/h1-9H,10-11H2,(H,17,18,21,22). The highest BCUT2D eigenvalue weighted by molar-refractivity contribution is 5.63. The summed E-state index contributed by atoms with van der Waals surface area (Å²) in [5, 5.41) is 26.1. The number of tetrazole rings is 2. The van der Waals surface area contributed by atoms with E-state index in [1.165, 1.54) is 11.1 Å². The molecule has 0 aliphatic carbocycles. The smallest absolute Gasteiger partial charge is 0.177 e. The summed E-state index contributed by atoms with van der Waals surface area (Å²) in [5.74, 6) is 1.11. The number of hydrogen-bond acceptors (Lipinski definition) is 6. The van der Waals surface area contributed by atoms with Crippen LogP contribution in [-0.2, 0) is 13.0 Å². The number of rotatable bonds is 5. The monoisotopic (exact) mass is 318 g/mol. The Hall–Kier alpha value is -3.42. The molecular formula is C16H14N8. The van der Waals surface area contributed by atoms with Gasteiger partial charge in [0.05, 0.1) is 13.0 Å². The minimum Gasteiger partial charge on any atom is -0.177 e. The van der Waals surface area contributed by atoms with E-state index in [1.54, 1.807) is 4.80 Å². The van der Waals surface area contributed by atoms with E-state index in [2.05, 4.69) is 72.4 Å². The molecule has 4 rings (SSSR count). The van der Waals surface area contributed by atoms with Crippen LogP contribution in [0.15, 0.2) is 54.6 Å². The summed E-state index contributed by atoms with van der Waals surface area (Å²) in [5.41, 5.74) is 3.49. The van der Waals surface area contributed by atoms with E-state index in [-0.39, 0.29) is 0 Å². The zero-order chi connectivity index (χ0) is 16.2. The van der Waals surface area contributed by atoms with Crippen LogP contribution in [-0.4, -0.2) is 40.8 Å². The molecule has 2 heterocycles. The van der Waals surface area contributed by atoms with Gasteiger partial charge in [-0.3, -0.25) is 0 Å². The quantitative estimate of drug-likeness (QED) is 0.598. The first-order valence-electron chi connectivity index (χ1n) is 7.50. The molecule has 0 spiro atoms. The Kier molecular flexibility index (Phi) is 3.77. The van der Waals surface area contributed by atoms with Crippen LogP contribution in [0.5, 0.6) is 0 Å². The number of nitrogens with zero attached hydrogens (tertiary/aromatic N) is 7. The highest BCUT2D eigenvalue weighted by atomic mass is 15.6. The minimum absolute atomic E-state index is 0.406. The van der Waals surface area contributed by atoms with Crippen LogP contribution in [0.25, 0.3) is 11.1 Å². The van der Waals surface area contributed by atoms with Gasteiger partial charge in [-0.1, -0.05) is 59.8 Å². The lowest BCUT2D eigenvalue weighted by Gasteiger charge is -2.04. The largest absolute Gasteiger partial charge is 0.182 e. The Bertz CT molecular complexity index is 897. The second kappa shape index (κ2) is 6.37. The molecule has 0 fully saturated rings. The zero-order valence-corrected chi connectivity index (χ0v) is 12.7. The van der Waals surface area contributed by atoms with Crippen molar-refractivity contribution < 1.29 is 0 Å². The van der Waals surface area contributed by atoms with E-state index in [9.17, 15) is 0 Å². The SMILES string of the molecule is c1ccc(-c2ccc(Cn3nnc(Cc4nn[nH]n4)n3)cc2)cc1. The minimum atomic E-state index is 0.406. The van der Waals surface area contributed by atoms with Gasteiger partial charge in [-0.25, -0.2) is 0 Å². The van der Waals surface area contributed by atoms with Crippen molar-refractivity contribution >= 4 is 0 Å². The van der Waals surface area contributed by atoms with Crippen LogP contribution in [0.3, 0.4) is 0 Å². The molecule has 0 bridgehead atoms. The lowest BCUT2D eigenvalue weighted by Crippen LogP contribution is -2.04. The molecule has 24 heavy (non-hydrogen) atoms. The molecule has 0 aliphatic heterocycles. The van der Waals surface area contributed by atoms with Crippen molar-refractivity contribution in [3.05, 3.63) is 71.8 Å². The van der Waals surface area contributed by atoms with E-state index in [1.807, 2.05) is 18.2 Å². The number of H-pyrrole nitrogens is 1. The number of aromatic amines is 1. The Labute approximate surface area is 137 Å². The van der Waals surface area contributed by atoms with Crippen LogP contribution in [0.4, 0.5) is 0 Å². The maximum atomic E-state index is 4.33. The summed E-state index contributed by atoms with van der Waals surface area (Å²) in [6, 6.07) is 18.6. The van der Waals surface area contributed by atoms with Gasteiger partial charge in [0, 0.05) is 0 Å². The molecule has 0 amide bonds. The molecule has 0 atom stereocenters. The van der Waals surface area contributed by atoms with Gasteiger partial charge in [-0.05, 0) is 21.9 Å². The summed E-state index contributed by atoms with van der Waals surface area (Å²) in [7, 11) is 0. The van der Waals surface area contributed by atoms with E-state index in [0.29, 0.717) is 24.6 Å². The Morgan fingerprint density at radius 3 is 2.38 bits per heavy atom. The first-order chi connectivity index (χ1) is 11.9. The van der Waals surface area contributed by atoms with Crippen molar-refractivity contribution in [3.63, 3.8) is 0 Å². The van der Waals surface area contributed by atoms with Crippen molar-refractivity contribution in [1.29, 1.82) is 0 Å². The van der Waals surface area contributed by atoms with Crippen molar-refractivity contribution in [1.82, 2.24) is 40.8 Å². The summed E-state index contributed by atoms with van der Waals surface area (Å²) in [6.07, 6.45) is 0.406. The van der Waals surface area contributed by atoms with Crippen LogP contribution in [0.1, 0.15) is 17.2 Å². The lowest BCUT2D eigenvalue weighted by molar-refractivity contribution is 0.570. The average Bonchev–Trinajstić information content (AvgIpc) is 3.29. The van der Waals surface area contributed by atoms with Crippen LogP contribution in [0, 0.1) is 0 Å². The summed E-state index contributed by atoms with van der Waals surface area (Å²) >= 11 is 0. The molecule has 118 valence electrons. The predicted octanol–water partition coefficient (Wildman–Crippen LogP) is 1.49. The molecule has 0 aliphatic rings. The Balaban J connectivity index is 1.45. The summed E-state index contributed by atoms with van der Waals surface area (Å²) in [4.78, 5) is 1.56. The van der Waals surface area contributed by atoms with Crippen molar-refractivity contribution in [2.75, 3.05) is 0 Å². The third-order valence-electron chi connectivity index (χ3n) is 3.58. The number of nitrogens with one attached hydrogen (secondary N) is 1. The second-order valence-electron chi connectivity index (χ2n) is 5.30.